The van der Waals surface area contributed by atoms with Gasteiger partial charge in [-0.15, -0.1) is 11.3 Å². The largest absolute Gasteiger partial charge is 0.393 e. The molecule has 0 spiro atoms. The normalized spacial score (nSPS) is 16.2. The lowest BCUT2D eigenvalue weighted by Crippen LogP contribution is -2.29. The molecule has 1 aliphatic carbocycles. The van der Waals surface area contributed by atoms with E-state index in [4.69, 9.17) is 0 Å². The average Bonchev–Trinajstić information content (AvgIpc) is 2.82. The Bertz CT molecular complexity index is 439. The van der Waals surface area contributed by atoms with E-state index >= 15 is 0 Å². The van der Waals surface area contributed by atoms with Crippen LogP contribution in [0.2, 0.25) is 0 Å². The number of rotatable bonds is 5. The molecule has 3 nitrogen and oxygen atoms in total. The number of aryl methyl sites for hydroxylation is 1. The summed E-state index contributed by atoms with van der Waals surface area (Å²) in [7, 11) is 0. The first-order valence-electron chi connectivity index (χ1n) is 7.15. The number of amides is 1. The van der Waals surface area contributed by atoms with Crippen molar-refractivity contribution in [1.82, 2.24) is 5.32 Å². The first-order chi connectivity index (χ1) is 9.09. The van der Waals surface area contributed by atoms with Gasteiger partial charge < -0.3 is 10.4 Å². The van der Waals surface area contributed by atoms with Crippen LogP contribution in [0, 0.1) is 5.92 Å². The minimum atomic E-state index is -0.336. The summed E-state index contributed by atoms with van der Waals surface area (Å²) in [6.07, 6.45) is 4.88. The second kappa shape index (κ2) is 6.53. The predicted octanol–water partition coefficient (Wildman–Crippen LogP) is 2.76. The van der Waals surface area contributed by atoms with Gasteiger partial charge in [0.05, 0.1) is 11.7 Å². The van der Waals surface area contributed by atoms with Crippen LogP contribution in [0.3, 0.4) is 0 Å². The molecule has 0 radical (unpaired) electrons. The monoisotopic (exact) mass is 281 g/mol. The molecular weight excluding hydrogens is 258 g/mol. The summed E-state index contributed by atoms with van der Waals surface area (Å²) in [5.74, 6) is 0.265. The summed E-state index contributed by atoms with van der Waals surface area (Å²) >= 11 is 1.71. The molecule has 2 rings (SSSR count). The van der Waals surface area contributed by atoms with E-state index < -0.39 is 0 Å². The van der Waals surface area contributed by atoms with Gasteiger partial charge in [-0.1, -0.05) is 13.8 Å². The number of hydrogen-bond donors (Lipinski definition) is 2. The van der Waals surface area contributed by atoms with Gasteiger partial charge in [-0.05, 0) is 43.6 Å². The zero-order valence-electron chi connectivity index (χ0n) is 11.7. The minimum absolute atomic E-state index is 0.0235. The molecule has 2 N–H and O–H groups in total. The molecule has 106 valence electrons. The van der Waals surface area contributed by atoms with E-state index in [-0.39, 0.29) is 17.9 Å². The molecule has 0 saturated heterocycles. The lowest BCUT2D eigenvalue weighted by atomic mass is 9.95. The van der Waals surface area contributed by atoms with Crippen molar-refractivity contribution >= 4 is 17.2 Å². The maximum absolute atomic E-state index is 12.1. The Morgan fingerprint density at radius 2 is 2.16 bits per heavy atom. The van der Waals surface area contributed by atoms with Crippen molar-refractivity contribution in [3.8, 4) is 0 Å². The highest BCUT2D eigenvalue weighted by molar-refractivity contribution is 7.10. The van der Waals surface area contributed by atoms with Crippen molar-refractivity contribution in [1.29, 1.82) is 0 Å². The average molecular weight is 281 g/mol. The van der Waals surface area contributed by atoms with Crippen molar-refractivity contribution in [3.63, 3.8) is 0 Å². The van der Waals surface area contributed by atoms with E-state index in [1.54, 1.807) is 11.3 Å². The van der Waals surface area contributed by atoms with Crippen LogP contribution in [0.1, 0.15) is 53.9 Å². The van der Waals surface area contributed by atoms with Gasteiger partial charge in [-0.2, -0.15) is 0 Å². The highest BCUT2D eigenvalue weighted by atomic mass is 32.1. The molecule has 1 heterocycles. The van der Waals surface area contributed by atoms with Crippen molar-refractivity contribution in [2.45, 2.75) is 52.1 Å². The molecule has 1 aromatic heterocycles. The van der Waals surface area contributed by atoms with Crippen molar-refractivity contribution in [2.75, 3.05) is 6.54 Å². The van der Waals surface area contributed by atoms with Gasteiger partial charge in [0.25, 0.3) is 5.91 Å². The van der Waals surface area contributed by atoms with Crippen molar-refractivity contribution in [3.05, 3.63) is 21.4 Å². The number of carbonyl (C=O) groups excluding carboxylic acids is 1. The summed E-state index contributed by atoms with van der Waals surface area (Å²) in [6.45, 7) is 4.52. The molecule has 1 unspecified atom stereocenters. The Morgan fingerprint density at radius 3 is 2.89 bits per heavy atom. The van der Waals surface area contributed by atoms with E-state index in [1.165, 1.54) is 23.3 Å². The maximum Gasteiger partial charge on any atom is 0.252 e. The maximum atomic E-state index is 12.1. The van der Waals surface area contributed by atoms with Gasteiger partial charge in [0.1, 0.15) is 0 Å². The van der Waals surface area contributed by atoms with Gasteiger partial charge >= 0.3 is 0 Å². The van der Waals surface area contributed by atoms with Crippen LogP contribution < -0.4 is 5.32 Å². The lowest BCUT2D eigenvalue weighted by molar-refractivity contribution is 0.0919. The molecular formula is C15H23NO2S. The second-order valence-corrected chi connectivity index (χ2v) is 6.58. The summed E-state index contributed by atoms with van der Waals surface area (Å²) in [6, 6.07) is 0. The number of hydrogen-bond acceptors (Lipinski definition) is 3. The second-order valence-electron chi connectivity index (χ2n) is 5.61. The van der Waals surface area contributed by atoms with E-state index in [1.807, 2.05) is 19.2 Å². The minimum Gasteiger partial charge on any atom is -0.393 e. The van der Waals surface area contributed by atoms with Crippen LogP contribution in [-0.4, -0.2) is 23.7 Å². The van der Waals surface area contributed by atoms with Crippen LogP contribution in [0.25, 0.3) is 0 Å². The lowest BCUT2D eigenvalue weighted by Gasteiger charge is -2.15. The number of nitrogens with one attached hydrogen (secondary N) is 1. The standard InChI is InChI=1S/C15H23NO2S/c1-10(2)13(17)7-8-16-15(18)12-9-19-14-6-4-3-5-11(12)14/h9-10,13,17H,3-8H2,1-2H3,(H,16,18). The third-order valence-electron chi connectivity index (χ3n) is 3.80. The molecule has 1 amide bonds. The number of carbonyl (C=O) groups is 1. The Morgan fingerprint density at radius 1 is 1.42 bits per heavy atom. The van der Waals surface area contributed by atoms with Crippen molar-refractivity contribution in [2.24, 2.45) is 5.92 Å². The molecule has 0 saturated carbocycles. The third-order valence-corrected chi connectivity index (χ3v) is 4.89. The zero-order chi connectivity index (χ0) is 13.8. The van der Waals surface area contributed by atoms with Crippen LogP contribution in [-0.2, 0) is 12.8 Å². The number of aliphatic hydroxyl groups excluding tert-OH is 1. The molecule has 0 fully saturated rings. The predicted molar refractivity (Wildman–Crippen MR) is 78.8 cm³/mol. The summed E-state index contributed by atoms with van der Waals surface area (Å²) in [5, 5.41) is 14.6. The van der Waals surface area contributed by atoms with Gasteiger partial charge in [-0.3, -0.25) is 4.79 Å². The summed E-state index contributed by atoms with van der Waals surface area (Å²) in [5.41, 5.74) is 2.12. The van der Waals surface area contributed by atoms with E-state index in [2.05, 4.69) is 5.32 Å². The number of fused-ring (bicyclic) bond motifs is 1. The molecule has 4 heteroatoms. The highest BCUT2D eigenvalue weighted by Gasteiger charge is 2.20. The van der Waals surface area contributed by atoms with Gasteiger partial charge in [0.2, 0.25) is 0 Å². The third kappa shape index (κ3) is 3.57. The van der Waals surface area contributed by atoms with Gasteiger partial charge in [0.15, 0.2) is 0 Å². The molecule has 19 heavy (non-hydrogen) atoms. The number of aliphatic hydroxyl groups is 1. The summed E-state index contributed by atoms with van der Waals surface area (Å²) in [4.78, 5) is 13.5. The van der Waals surface area contributed by atoms with Crippen LogP contribution in [0.5, 0.6) is 0 Å². The van der Waals surface area contributed by atoms with Gasteiger partial charge in [0, 0.05) is 16.8 Å². The van der Waals surface area contributed by atoms with E-state index in [0.29, 0.717) is 13.0 Å². The first kappa shape index (κ1) is 14.5. The Hall–Kier alpha value is -0.870. The smallest absolute Gasteiger partial charge is 0.252 e. The van der Waals surface area contributed by atoms with Crippen LogP contribution >= 0.6 is 11.3 Å². The fourth-order valence-electron chi connectivity index (χ4n) is 2.45. The fraction of sp³-hybridized carbons (Fsp3) is 0.667. The van der Waals surface area contributed by atoms with E-state index in [9.17, 15) is 9.90 Å². The quantitative estimate of drug-likeness (QED) is 0.872. The molecule has 0 aliphatic heterocycles. The van der Waals surface area contributed by atoms with E-state index in [0.717, 1.165) is 18.4 Å². The summed E-state index contributed by atoms with van der Waals surface area (Å²) < 4.78 is 0. The fourth-order valence-corrected chi connectivity index (χ4v) is 3.57. The van der Waals surface area contributed by atoms with Crippen molar-refractivity contribution < 1.29 is 9.90 Å². The molecule has 1 aliphatic rings. The van der Waals surface area contributed by atoms with Gasteiger partial charge in [-0.25, -0.2) is 0 Å². The Labute approximate surface area is 119 Å². The first-order valence-corrected chi connectivity index (χ1v) is 8.03. The zero-order valence-corrected chi connectivity index (χ0v) is 12.6. The van der Waals surface area contributed by atoms with Crippen LogP contribution in [0.15, 0.2) is 5.38 Å². The molecule has 1 aromatic rings. The molecule has 0 bridgehead atoms. The topological polar surface area (TPSA) is 49.3 Å². The Balaban J connectivity index is 1.88. The molecule has 1 atom stereocenters. The highest BCUT2D eigenvalue weighted by Crippen LogP contribution is 2.30. The number of thiophene rings is 1. The molecule has 0 aromatic carbocycles. The SMILES string of the molecule is CC(C)C(O)CCNC(=O)c1csc2c1CCCC2. The Kier molecular flexibility index (Phi) is 4.99. The van der Waals surface area contributed by atoms with Crippen LogP contribution in [0.4, 0.5) is 0 Å².